The van der Waals surface area contributed by atoms with Crippen LogP contribution in [0.5, 0.6) is 11.5 Å². The van der Waals surface area contributed by atoms with Crippen LogP contribution in [-0.4, -0.2) is 15.9 Å². The number of carbonyl (C=O) groups is 1. The van der Waals surface area contributed by atoms with E-state index < -0.39 is 5.41 Å². The zero-order valence-electron chi connectivity index (χ0n) is 25.5. The van der Waals surface area contributed by atoms with Crippen LogP contribution >= 0.6 is 0 Å². The molecule has 1 radical (unpaired) electrons. The van der Waals surface area contributed by atoms with Crippen LogP contribution in [0.2, 0.25) is 0 Å². The number of ketones is 1. The quantitative estimate of drug-likeness (QED) is 0.0783. The number of hydrogen-bond acceptors (Lipinski definition) is 4. The van der Waals surface area contributed by atoms with Gasteiger partial charge in [0.2, 0.25) is 0 Å². The van der Waals surface area contributed by atoms with E-state index in [1.807, 2.05) is 102 Å². The van der Waals surface area contributed by atoms with Crippen molar-refractivity contribution in [2.75, 3.05) is 0 Å². The number of rotatable bonds is 1. The first-order valence-corrected chi connectivity index (χ1v) is 14.3. The van der Waals surface area contributed by atoms with E-state index in [4.69, 9.17) is 9.72 Å². The van der Waals surface area contributed by atoms with Crippen LogP contribution in [0, 0.1) is 22.7 Å². The summed E-state index contributed by atoms with van der Waals surface area (Å²) in [6, 6.07) is 26.7. The third-order valence-electron chi connectivity index (χ3n) is 7.80. The van der Waals surface area contributed by atoms with E-state index in [2.05, 4.69) is 12.1 Å². The molecule has 0 saturated heterocycles. The molecule has 1 aliphatic heterocycles. The normalized spacial score (nSPS) is 12.8. The van der Waals surface area contributed by atoms with Crippen LogP contribution in [0.15, 0.2) is 90.8 Å². The molecule has 6 heteroatoms. The van der Waals surface area contributed by atoms with Crippen molar-refractivity contribution in [3.8, 4) is 22.8 Å². The first-order chi connectivity index (χ1) is 20.3. The maximum absolute atomic E-state index is 14.4. The Labute approximate surface area is 269 Å². The number of ether oxygens (including phenoxy) is 1. The molecule has 1 aromatic heterocycles. The fourth-order valence-electron chi connectivity index (χ4n) is 5.22. The van der Waals surface area contributed by atoms with E-state index in [-0.39, 0.29) is 42.9 Å². The third-order valence-corrected chi connectivity index (χ3v) is 7.80. The van der Waals surface area contributed by atoms with Gasteiger partial charge < -0.3 is 9.84 Å². The molecule has 2 heterocycles. The van der Waals surface area contributed by atoms with E-state index >= 15 is 0 Å². The van der Waals surface area contributed by atoms with Crippen molar-refractivity contribution in [1.29, 1.82) is 0 Å². The number of aliphatic hydroxyl groups is 1. The molecule has 0 spiro atoms. The minimum Gasteiger partial charge on any atom is -0.512 e. The molecule has 4 nitrogen and oxygen atoms in total. The van der Waals surface area contributed by atoms with Gasteiger partial charge in [0.1, 0.15) is 17.3 Å². The molecule has 225 valence electrons. The van der Waals surface area contributed by atoms with Crippen molar-refractivity contribution in [2.45, 2.75) is 41.5 Å². The molecule has 1 aliphatic rings. The molecule has 0 atom stereocenters. The monoisotopic (exact) mass is 763 g/mol. The minimum absolute atomic E-state index is 0. The Bertz CT molecular complexity index is 2120. The molecule has 6 aromatic rings. The summed E-state index contributed by atoms with van der Waals surface area (Å²) in [5.74, 6) is 1.37. The summed E-state index contributed by atoms with van der Waals surface area (Å²) in [5, 5.41) is 17.2. The number of aliphatic hydroxyl groups excluding tert-OH is 1. The summed E-state index contributed by atoms with van der Waals surface area (Å²) in [5.41, 5.74) is 0.980. The third kappa shape index (κ3) is 5.60. The topological polar surface area (TPSA) is 59.4 Å². The van der Waals surface area contributed by atoms with Crippen LogP contribution in [0.1, 0.15) is 41.5 Å². The fraction of sp³-hybridized carbons (Fsp3) is 0.211. The molecule has 7 rings (SSSR count). The maximum atomic E-state index is 14.4. The second-order valence-corrected chi connectivity index (χ2v) is 13.0. The van der Waals surface area contributed by atoms with Gasteiger partial charge in [-0.1, -0.05) is 101 Å². The van der Waals surface area contributed by atoms with Crippen LogP contribution in [0.4, 0.5) is 4.39 Å². The smallest absolute Gasteiger partial charge is 0.164 e. The van der Waals surface area contributed by atoms with Crippen molar-refractivity contribution in [1.82, 2.24) is 4.98 Å². The number of allylic oxidation sites excluding steroid dienone is 2. The molecular weight excluding hydrogens is 730 g/mol. The standard InChI is InChI=1S/C27H13FNO.C11H20O2.Ir/c28-23-7-3-6-17-19(23)9-8-18-20-10-11-29-27-22-12-15-4-1-2-5-16(15)13-24(22)30-25(26(20)27)14-21(17)18;1-10(2,3)8(12)7-9(13)11(4,5)6;/h1-11,13-14H;7,12H,1-6H3;/q-1;;/b;8-7-;. The molecule has 0 fully saturated rings. The predicted molar refractivity (Wildman–Crippen MR) is 173 cm³/mol. The van der Waals surface area contributed by atoms with Crippen molar-refractivity contribution >= 4 is 48.9 Å². The van der Waals surface area contributed by atoms with E-state index in [9.17, 15) is 14.3 Å². The van der Waals surface area contributed by atoms with Gasteiger partial charge in [-0.3, -0.25) is 9.78 Å². The van der Waals surface area contributed by atoms with E-state index in [1.165, 1.54) is 12.1 Å². The number of carbonyl (C=O) groups excluding carboxylic acids is 1. The molecule has 0 saturated carbocycles. The number of nitrogens with zero attached hydrogens (tertiary/aromatic N) is 1. The second kappa shape index (κ2) is 11.4. The molecular formula is C38H33FIrNO3-. The first kappa shape index (κ1) is 31.3. The van der Waals surface area contributed by atoms with Gasteiger partial charge in [0.25, 0.3) is 0 Å². The number of hydrogen-bond donors (Lipinski definition) is 1. The Morgan fingerprint density at radius 1 is 0.818 bits per heavy atom. The first-order valence-electron chi connectivity index (χ1n) is 14.3. The largest absolute Gasteiger partial charge is 0.512 e. The molecule has 5 aromatic carbocycles. The Morgan fingerprint density at radius 3 is 2.25 bits per heavy atom. The summed E-state index contributed by atoms with van der Waals surface area (Å²) < 4.78 is 20.8. The molecule has 1 N–H and O–H groups in total. The van der Waals surface area contributed by atoms with Gasteiger partial charge in [-0.15, -0.1) is 17.5 Å². The van der Waals surface area contributed by atoms with Gasteiger partial charge in [-0.2, -0.15) is 0 Å². The fourth-order valence-corrected chi connectivity index (χ4v) is 5.22. The molecule has 0 amide bonds. The summed E-state index contributed by atoms with van der Waals surface area (Å²) >= 11 is 0. The van der Waals surface area contributed by atoms with Gasteiger partial charge in [0, 0.05) is 59.7 Å². The van der Waals surface area contributed by atoms with Gasteiger partial charge in [0.05, 0.1) is 5.75 Å². The number of pyridine rings is 1. The molecule has 0 unspecified atom stereocenters. The van der Waals surface area contributed by atoms with E-state index in [0.29, 0.717) is 5.39 Å². The van der Waals surface area contributed by atoms with Crippen LogP contribution in [0.3, 0.4) is 0 Å². The Hall–Kier alpha value is -4.12. The number of benzene rings is 5. The van der Waals surface area contributed by atoms with Crippen LogP contribution < -0.4 is 4.74 Å². The SMILES string of the molecule is CC(C)(C)C(=O)/C=C(\O)C(C)(C)C.Fc1cccc2c1ccc1c3ccnc4c3c(cc21)Oc1cc2ccccc2[c-]c1-4.[Ir]. The number of aromatic nitrogens is 1. The predicted octanol–water partition coefficient (Wildman–Crippen LogP) is 10.5. The van der Waals surface area contributed by atoms with Crippen LogP contribution in [0.25, 0.3) is 54.3 Å². The summed E-state index contributed by atoms with van der Waals surface area (Å²) in [6.07, 6.45) is 3.16. The van der Waals surface area contributed by atoms with Gasteiger partial charge in [-0.05, 0) is 39.7 Å². The Balaban J connectivity index is 0.000000237. The van der Waals surface area contributed by atoms with E-state index in [0.717, 1.165) is 60.5 Å². The molecule has 0 aliphatic carbocycles. The zero-order chi connectivity index (χ0) is 30.7. The zero-order valence-corrected chi connectivity index (χ0v) is 27.9. The minimum atomic E-state index is -0.417. The number of fused-ring (bicyclic) bond motifs is 7. The van der Waals surface area contributed by atoms with Crippen molar-refractivity contribution in [3.05, 3.63) is 103 Å². The second-order valence-electron chi connectivity index (χ2n) is 13.0. The van der Waals surface area contributed by atoms with Gasteiger partial charge in [-0.25, -0.2) is 4.39 Å². The van der Waals surface area contributed by atoms with E-state index in [1.54, 1.807) is 6.07 Å². The average Bonchev–Trinajstić information content (AvgIpc) is 2.96. The molecule has 44 heavy (non-hydrogen) atoms. The van der Waals surface area contributed by atoms with Gasteiger partial charge in [0.15, 0.2) is 5.78 Å². The van der Waals surface area contributed by atoms with Crippen molar-refractivity contribution in [3.63, 3.8) is 0 Å². The van der Waals surface area contributed by atoms with Crippen molar-refractivity contribution < 1.29 is 39.1 Å². The summed E-state index contributed by atoms with van der Waals surface area (Å²) in [4.78, 5) is 16.2. The Kier molecular flexibility index (Phi) is 8.13. The summed E-state index contributed by atoms with van der Waals surface area (Å²) in [6.45, 7) is 11.1. The average molecular weight is 763 g/mol. The van der Waals surface area contributed by atoms with Crippen LogP contribution in [-0.2, 0) is 24.9 Å². The van der Waals surface area contributed by atoms with Gasteiger partial charge >= 0.3 is 0 Å². The number of halogens is 1. The molecule has 0 bridgehead atoms. The van der Waals surface area contributed by atoms with Crippen molar-refractivity contribution in [2.24, 2.45) is 10.8 Å². The maximum Gasteiger partial charge on any atom is 0.164 e. The Morgan fingerprint density at radius 2 is 1.52 bits per heavy atom. The summed E-state index contributed by atoms with van der Waals surface area (Å²) in [7, 11) is 0.